The van der Waals surface area contributed by atoms with Crippen molar-refractivity contribution >= 4 is 11.8 Å². The third-order valence-corrected chi connectivity index (χ3v) is 2.31. The van der Waals surface area contributed by atoms with Crippen molar-refractivity contribution in [3.63, 3.8) is 0 Å². The molecule has 1 aromatic rings. The van der Waals surface area contributed by atoms with Crippen LogP contribution in [0.25, 0.3) is 0 Å². The van der Waals surface area contributed by atoms with E-state index in [1.54, 1.807) is 25.1 Å². The fourth-order valence-corrected chi connectivity index (χ4v) is 1.47. The molecule has 1 atom stereocenters. The maximum Gasteiger partial charge on any atom is 0.412 e. The Morgan fingerprint density at radius 1 is 1.30 bits per heavy atom. The molecular weight excluding hydrogens is 258 g/mol. The van der Waals surface area contributed by atoms with Crippen LogP contribution in [-0.2, 0) is 4.74 Å². The summed E-state index contributed by atoms with van der Waals surface area (Å²) in [6.07, 6.45) is 3.95. The second kappa shape index (κ2) is 7.95. The average Bonchev–Trinajstić information content (AvgIpc) is 2.42. The quantitative estimate of drug-likeness (QED) is 0.812. The van der Waals surface area contributed by atoms with Crippen molar-refractivity contribution < 1.29 is 19.0 Å². The molecule has 0 bridgehead atoms. The molecule has 108 valence electrons. The third kappa shape index (κ3) is 4.73. The summed E-state index contributed by atoms with van der Waals surface area (Å²) in [5.74, 6) is 3.51. The summed E-state index contributed by atoms with van der Waals surface area (Å²) in [7, 11) is 0. The zero-order valence-corrected chi connectivity index (χ0v) is 11.9. The maximum atomic E-state index is 11.6. The molecule has 0 spiro atoms. The van der Waals surface area contributed by atoms with E-state index >= 15 is 0 Å². The van der Waals surface area contributed by atoms with E-state index in [2.05, 4.69) is 11.2 Å². The maximum absolute atomic E-state index is 11.6. The van der Waals surface area contributed by atoms with Crippen molar-refractivity contribution in [3.8, 4) is 23.8 Å². The summed E-state index contributed by atoms with van der Waals surface area (Å²) in [6.45, 7) is 6.42. The number of benzene rings is 1. The third-order valence-electron chi connectivity index (χ3n) is 2.31. The van der Waals surface area contributed by atoms with E-state index in [1.807, 2.05) is 13.8 Å². The predicted molar refractivity (Wildman–Crippen MR) is 77.2 cm³/mol. The molecule has 5 nitrogen and oxygen atoms in total. The van der Waals surface area contributed by atoms with Crippen molar-refractivity contribution in [2.75, 3.05) is 18.5 Å². The van der Waals surface area contributed by atoms with Crippen LogP contribution in [-0.4, -0.2) is 25.4 Å². The van der Waals surface area contributed by atoms with Crippen LogP contribution in [0.3, 0.4) is 0 Å². The van der Waals surface area contributed by atoms with Crippen molar-refractivity contribution in [1.82, 2.24) is 0 Å². The number of carbonyl (C=O) groups excluding carboxylic acids is 1. The number of amides is 1. The fraction of sp³-hybridized carbons (Fsp3) is 0.400. The number of hydrogen-bond acceptors (Lipinski definition) is 4. The lowest BCUT2D eigenvalue weighted by atomic mass is 10.2. The van der Waals surface area contributed by atoms with Crippen LogP contribution >= 0.6 is 0 Å². The molecule has 0 aliphatic carbocycles. The zero-order chi connectivity index (χ0) is 15.0. The van der Waals surface area contributed by atoms with Crippen molar-refractivity contribution in [2.24, 2.45) is 0 Å². The Bertz CT molecular complexity index is 493. The van der Waals surface area contributed by atoms with E-state index in [-0.39, 0.29) is 0 Å². The molecule has 0 aliphatic heterocycles. The highest BCUT2D eigenvalue weighted by atomic mass is 16.6. The number of rotatable bonds is 6. The summed E-state index contributed by atoms with van der Waals surface area (Å²) in [5.41, 5.74) is 0.547. The summed E-state index contributed by atoms with van der Waals surface area (Å²) in [4.78, 5) is 11.6. The number of hydrogen-bond donors (Lipinski definition) is 1. The highest BCUT2D eigenvalue weighted by Gasteiger charge is 2.10. The van der Waals surface area contributed by atoms with Gasteiger partial charge in [-0.25, -0.2) is 4.79 Å². The zero-order valence-electron chi connectivity index (χ0n) is 11.9. The molecule has 0 saturated heterocycles. The average molecular weight is 277 g/mol. The molecular formula is C15H19NO4. The molecule has 1 amide bonds. The van der Waals surface area contributed by atoms with E-state index in [0.717, 1.165) is 0 Å². The van der Waals surface area contributed by atoms with Gasteiger partial charge in [0, 0.05) is 11.8 Å². The van der Waals surface area contributed by atoms with E-state index in [9.17, 15) is 4.79 Å². The molecule has 0 radical (unpaired) electrons. The van der Waals surface area contributed by atoms with Gasteiger partial charge in [0.25, 0.3) is 0 Å². The Labute approximate surface area is 119 Å². The number of carbonyl (C=O) groups is 1. The Morgan fingerprint density at radius 2 is 1.95 bits per heavy atom. The van der Waals surface area contributed by atoms with Crippen LogP contribution in [0.1, 0.15) is 20.8 Å². The Kier molecular flexibility index (Phi) is 6.24. The number of anilines is 1. The second-order valence-corrected chi connectivity index (χ2v) is 3.87. The van der Waals surface area contributed by atoms with Gasteiger partial charge in [0.15, 0.2) is 17.6 Å². The van der Waals surface area contributed by atoms with Gasteiger partial charge in [-0.15, -0.1) is 6.42 Å². The lowest BCUT2D eigenvalue weighted by molar-refractivity contribution is 0.145. The van der Waals surface area contributed by atoms with Crippen molar-refractivity contribution in [3.05, 3.63) is 18.2 Å². The Balaban J connectivity index is 2.78. The molecule has 1 unspecified atom stereocenters. The first kappa shape index (κ1) is 15.7. The largest absolute Gasteiger partial charge is 0.490 e. The van der Waals surface area contributed by atoms with Gasteiger partial charge in [0.2, 0.25) is 0 Å². The molecule has 1 N–H and O–H groups in total. The summed E-state index contributed by atoms with van der Waals surface area (Å²) >= 11 is 0. The van der Waals surface area contributed by atoms with Crippen LogP contribution < -0.4 is 14.8 Å². The fourth-order valence-electron chi connectivity index (χ4n) is 1.47. The standard InChI is InChI=1S/C15H19NO4/c1-5-11(4)20-15(17)16-12-8-9-13(18-6-2)14(10-12)19-7-3/h1,8-11H,6-7H2,2-4H3,(H,16,17). The van der Waals surface area contributed by atoms with Crippen LogP contribution in [0.5, 0.6) is 11.5 Å². The van der Waals surface area contributed by atoms with Gasteiger partial charge in [-0.3, -0.25) is 5.32 Å². The topological polar surface area (TPSA) is 56.8 Å². The first-order chi connectivity index (χ1) is 9.60. The van der Waals surface area contributed by atoms with Gasteiger partial charge in [0.05, 0.1) is 13.2 Å². The monoisotopic (exact) mass is 277 g/mol. The van der Waals surface area contributed by atoms with Crippen molar-refractivity contribution in [2.45, 2.75) is 26.9 Å². The van der Waals surface area contributed by atoms with Crippen LogP contribution in [0, 0.1) is 12.3 Å². The van der Waals surface area contributed by atoms with Gasteiger partial charge in [-0.1, -0.05) is 5.92 Å². The van der Waals surface area contributed by atoms with Crippen LogP contribution in [0.4, 0.5) is 10.5 Å². The molecule has 1 rings (SSSR count). The molecule has 1 aromatic carbocycles. The van der Waals surface area contributed by atoms with E-state index in [0.29, 0.717) is 30.4 Å². The minimum absolute atomic E-state index is 0.502. The summed E-state index contributed by atoms with van der Waals surface area (Å²) in [6, 6.07) is 5.11. The highest BCUT2D eigenvalue weighted by molar-refractivity contribution is 5.85. The first-order valence-corrected chi connectivity index (χ1v) is 6.44. The lowest BCUT2D eigenvalue weighted by Gasteiger charge is -2.13. The number of terminal acetylenes is 1. The van der Waals surface area contributed by atoms with Gasteiger partial charge in [-0.2, -0.15) is 0 Å². The van der Waals surface area contributed by atoms with Crippen LogP contribution in [0.15, 0.2) is 18.2 Å². The molecule has 5 heteroatoms. The van der Waals surface area contributed by atoms with Gasteiger partial charge in [0.1, 0.15) is 0 Å². The van der Waals surface area contributed by atoms with Gasteiger partial charge >= 0.3 is 6.09 Å². The number of ether oxygens (including phenoxy) is 3. The summed E-state index contributed by atoms with van der Waals surface area (Å²) in [5, 5.41) is 2.58. The van der Waals surface area contributed by atoms with Crippen molar-refractivity contribution in [1.29, 1.82) is 0 Å². The Morgan fingerprint density at radius 3 is 2.55 bits per heavy atom. The lowest BCUT2D eigenvalue weighted by Crippen LogP contribution is -2.19. The normalized spacial score (nSPS) is 11.1. The second-order valence-electron chi connectivity index (χ2n) is 3.87. The minimum Gasteiger partial charge on any atom is -0.490 e. The van der Waals surface area contributed by atoms with E-state index < -0.39 is 12.2 Å². The molecule has 20 heavy (non-hydrogen) atoms. The molecule has 0 aromatic heterocycles. The highest BCUT2D eigenvalue weighted by Crippen LogP contribution is 2.30. The summed E-state index contributed by atoms with van der Waals surface area (Å²) < 4.78 is 15.8. The Hall–Kier alpha value is -2.35. The van der Waals surface area contributed by atoms with E-state index in [1.165, 1.54) is 0 Å². The van der Waals surface area contributed by atoms with Gasteiger partial charge in [-0.05, 0) is 32.9 Å². The first-order valence-electron chi connectivity index (χ1n) is 6.44. The molecule has 0 fully saturated rings. The molecule has 0 aliphatic rings. The van der Waals surface area contributed by atoms with E-state index in [4.69, 9.17) is 20.6 Å². The van der Waals surface area contributed by atoms with Gasteiger partial charge < -0.3 is 14.2 Å². The minimum atomic E-state index is -0.609. The molecule has 0 heterocycles. The van der Waals surface area contributed by atoms with Crippen LogP contribution in [0.2, 0.25) is 0 Å². The number of nitrogens with one attached hydrogen (secondary N) is 1. The molecule has 0 saturated carbocycles. The predicted octanol–water partition coefficient (Wildman–Crippen LogP) is 3.05. The smallest absolute Gasteiger partial charge is 0.412 e. The SMILES string of the molecule is C#CC(C)OC(=O)Nc1ccc(OCC)c(OCC)c1.